The zero-order valence-electron chi connectivity index (χ0n) is 18.2. The molecular weight excluding hydrogens is 438 g/mol. The Morgan fingerprint density at radius 2 is 2.00 bits per heavy atom. The summed E-state index contributed by atoms with van der Waals surface area (Å²) in [5.74, 6) is -0.505. The minimum atomic E-state index is -0.322. The number of hydrogen-bond donors (Lipinski definition) is 2. The molecule has 1 aromatic carbocycles. The van der Waals surface area contributed by atoms with Crippen LogP contribution in [0.5, 0.6) is 0 Å². The van der Waals surface area contributed by atoms with E-state index in [2.05, 4.69) is 22.1 Å². The Bertz CT molecular complexity index is 1270. The zero-order valence-corrected chi connectivity index (χ0v) is 19.0. The lowest BCUT2D eigenvalue weighted by Gasteiger charge is -2.25. The quantitative estimate of drug-likeness (QED) is 0.432. The first-order valence-electron chi connectivity index (χ1n) is 11.2. The van der Waals surface area contributed by atoms with Gasteiger partial charge in [-0.1, -0.05) is 30.0 Å². The molecule has 2 amide bonds. The molecule has 2 aliphatic heterocycles. The van der Waals surface area contributed by atoms with Crippen LogP contribution in [0.3, 0.4) is 0 Å². The first kappa shape index (κ1) is 21.4. The van der Waals surface area contributed by atoms with Crippen LogP contribution in [0.15, 0.2) is 36.9 Å². The van der Waals surface area contributed by atoms with E-state index in [0.717, 1.165) is 42.0 Å². The third-order valence-electron chi connectivity index (χ3n) is 6.14. The molecule has 0 aliphatic carbocycles. The zero-order chi connectivity index (χ0) is 22.9. The molecule has 0 bridgehead atoms. The minimum Gasteiger partial charge on any atom is -0.349 e. The van der Waals surface area contributed by atoms with E-state index in [4.69, 9.17) is 4.98 Å². The highest BCUT2D eigenvalue weighted by molar-refractivity contribution is 7.19. The number of ketones is 1. The molecule has 0 atom stereocenters. The van der Waals surface area contributed by atoms with E-state index in [-0.39, 0.29) is 24.0 Å². The van der Waals surface area contributed by atoms with E-state index in [1.165, 1.54) is 23.8 Å². The first-order valence-corrected chi connectivity index (χ1v) is 12.0. The number of fused-ring (bicyclic) bond motifs is 3. The summed E-state index contributed by atoms with van der Waals surface area (Å²) in [4.78, 5) is 44.3. The Hall–Kier alpha value is -3.46. The standard InChI is InChI=1S/C24H25N5O3S/c1-2-21(31)27-23-17(26-24(33-23)28-9-4-3-5-10-28)14-20(30)16-7-6-15-12-19-22(32)25-8-11-29(19)18(15)13-16/h2,6-7,12-13H,1,3-5,8-11,14H2,(H,25,32)(H,27,31). The summed E-state index contributed by atoms with van der Waals surface area (Å²) in [6, 6.07) is 7.36. The van der Waals surface area contributed by atoms with E-state index < -0.39 is 0 Å². The minimum absolute atomic E-state index is 0.0800. The van der Waals surface area contributed by atoms with Crippen molar-refractivity contribution in [1.82, 2.24) is 14.9 Å². The number of carbonyl (C=O) groups is 3. The van der Waals surface area contributed by atoms with E-state index in [1.807, 2.05) is 22.8 Å². The van der Waals surface area contributed by atoms with Gasteiger partial charge in [0.1, 0.15) is 10.7 Å². The van der Waals surface area contributed by atoms with Crippen molar-refractivity contribution in [2.45, 2.75) is 32.2 Å². The lowest BCUT2D eigenvalue weighted by atomic mass is 10.1. The largest absolute Gasteiger partial charge is 0.349 e. The lowest BCUT2D eigenvalue weighted by Crippen LogP contribution is -2.34. The molecule has 8 nitrogen and oxygen atoms in total. The molecule has 0 radical (unpaired) electrons. The number of carbonyl (C=O) groups excluding carboxylic acids is 3. The molecule has 5 rings (SSSR count). The number of aromatic nitrogens is 2. The normalized spacial score (nSPS) is 15.8. The fourth-order valence-corrected chi connectivity index (χ4v) is 5.46. The maximum absolute atomic E-state index is 13.2. The molecule has 0 unspecified atom stereocenters. The number of benzene rings is 1. The summed E-state index contributed by atoms with van der Waals surface area (Å²) in [5.41, 5.74) is 2.61. The topological polar surface area (TPSA) is 96.3 Å². The van der Waals surface area contributed by atoms with Gasteiger partial charge in [0.15, 0.2) is 10.9 Å². The number of amides is 2. The van der Waals surface area contributed by atoms with E-state index >= 15 is 0 Å². The fourth-order valence-electron chi connectivity index (χ4n) is 4.42. The maximum atomic E-state index is 13.2. The van der Waals surface area contributed by atoms with Gasteiger partial charge < -0.3 is 20.1 Å². The number of hydrogen-bond acceptors (Lipinski definition) is 6. The summed E-state index contributed by atoms with van der Waals surface area (Å²) >= 11 is 1.40. The smallest absolute Gasteiger partial charge is 0.268 e. The molecule has 1 saturated heterocycles. The second kappa shape index (κ2) is 8.82. The number of rotatable bonds is 6. The number of piperidine rings is 1. The summed E-state index contributed by atoms with van der Waals surface area (Å²) in [5, 5.41) is 8.02. The number of thiazole rings is 1. The average molecular weight is 464 g/mol. The van der Waals surface area contributed by atoms with Crippen molar-refractivity contribution in [2.75, 3.05) is 29.9 Å². The van der Waals surface area contributed by atoms with Gasteiger partial charge in [-0.15, -0.1) is 0 Å². The van der Waals surface area contributed by atoms with Gasteiger partial charge >= 0.3 is 0 Å². The number of anilines is 2. The molecule has 3 aromatic rings. The Balaban J connectivity index is 1.44. The van der Waals surface area contributed by atoms with E-state index in [9.17, 15) is 14.4 Å². The van der Waals surface area contributed by atoms with Crippen LogP contribution in [-0.2, 0) is 17.8 Å². The fraction of sp³-hybridized carbons (Fsp3) is 0.333. The van der Waals surface area contributed by atoms with Gasteiger partial charge in [-0.05, 0) is 37.5 Å². The molecule has 170 valence electrons. The van der Waals surface area contributed by atoms with Crippen LogP contribution in [0, 0.1) is 0 Å². The summed E-state index contributed by atoms with van der Waals surface area (Å²) in [6.07, 6.45) is 4.73. The second-order valence-corrected chi connectivity index (χ2v) is 9.30. The van der Waals surface area contributed by atoms with Crippen molar-refractivity contribution in [3.8, 4) is 0 Å². The van der Waals surface area contributed by atoms with Gasteiger partial charge in [0, 0.05) is 42.6 Å². The van der Waals surface area contributed by atoms with Gasteiger partial charge in [-0.25, -0.2) is 4.98 Å². The summed E-state index contributed by atoms with van der Waals surface area (Å²) in [6.45, 7) is 6.62. The maximum Gasteiger partial charge on any atom is 0.268 e. The van der Waals surface area contributed by atoms with Crippen molar-refractivity contribution >= 4 is 50.0 Å². The highest BCUT2D eigenvalue weighted by atomic mass is 32.1. The molecule has 2 aromatic heterocycles. The number of nitrogens with zero attached hydrogens (tertiary/aromatic N) is 3. The van der Waals surface area contributed by atoms with Gasteiger partial charge in [0.25, 0.3) is 5.91 Å². The Labute approximate surface area is 195 Å². The van der Waals surface area contributed by atoms with Gasteiger partial charge in [-0.2, -0.15) is 0 Å². The lowest BCUT2D eigenvalue weighted by molar-refractivity contribution is -0.111. The Morgan fingerprint density at radius 1 is 1.18 bits per heavy atom. The molecule has 33 heavy (non-hydrogen) atoms. The van der Waals surface area contributed by atoms with Crippen LogP contribution < -0.4 is 15.5 Å². The van der Waals surface area contributed by atoms with Gasteiger partial charge in [0.05, 0.1) is 12.1 Å². The number of Topliss-reactive ketones (excluding diaryl/α,β-unsaturated/α-hetero) is 1. The molecule has 2 N–H and O–H groups in total. The van der Waals surface area contributed by atoms with Crippen LogP contribution in [0.4, 0.5) is 10.1 Å². The number of nitrogens with one attached hydrogen (secondary N) is 2. The molecule has 1 fully saturated rings. The second-order valence-electron chi connectivity index (χ2n) is 8.32. The van der Waals surface area contributed by atoms with Crippen molar-refractivity contribution < 1.29 is 14.4 Å². The van der Waals surface area contributed by atoms with Crippen molar-refractivity contribution in [3.63, 3.8) is 0 Å². The molecule has 2 aliphatic rings. The molecule has 4 heterocycles. The molecule has 9 heteroatoms. The molecule has 0 spiro atoms. The highest BCUT2D eigenvalue weighted by Gasteiger charge is 2.23. The Kier molecular flexibility index (Phi) is 5.72. The van der Waals surface area contributed by atoms with Crippen LogP contribution in [0.2, 0.25) is 0 Å². The summed E-state index contributed by atoms with van der Waals surface area (Å²) in [7, 11) is 0. The Morgan fingerprint density at radius 3 is 2.79 bits per heavy atom. The van der Waals surface area contributed by atoms with E-state index in [0.29, 0.717) is 35.0 Å². The SMILES string of the molecule is C=CC(=O)Nc1sc(N2CCCCC2)nc1CC(=O)c1ccc2cc3n(c2c1)CCNC3=O. The van der Waals surface area contributed by atoms with Gasteiger partial charge in [0.2, 0.25) is 5.91 Å². The van der Waals surface area contributed by atoms with Gasteiger partial charge in [-0.3, -0.25) is 14.4 Å². The van der Waals surface area contributed by atoms with Crippen LogP contribution in [-0.4, -0.2) is 46.8 Å². The van der Waals surface area contributed by atoms with Crippen molar-refractivity contribution in [2.24, 2.45) is 0 Å². The third kappa shape index (κ3) is 4.16. The van der Waals surface area contributed by atoms with E-state index in [1.54, 1.807) is 6.07 Å². The molecule has 0 saturated carbocycles. The average Bonchev–Trinajstić information content (AvgIpc) is 3.41. The van der Waals surface area contributed by atoms with Crippen LogP contribution in [0.1, 0.15) is 45.8 Å². The monoisotopic (exact) mass is 463 g/mol. The van der Waals surface area contributed by atoms with Crippen molar-refractivity contribution in [1.29, 1.82) is 0 Å². The highest BCUT2D eigenvalue weighted by Crippen LogP contribution is 2.34. The third-order valence-corrected chi connectivity index (χ3v) is 7.22. The predicted octanol–water partition coefficient (Wildman–Crippen LogP) is 3.38. The predicted molar refractivity (Wildman–Crippen MR) is 129 cm³/mol. The first-order chi connectivity index (χ1) is 16.0. The van der Waals surface area contributed by atoms with Crippen molar-refractivity contribution in [3.05, 3.63) is 53.9 Å². The molecular formula is C24H25N5O3S. The van der Waals surface area contributed by atoms with Crippen LogP contribution >= 0.6 is 11.3 Å². The van der Waals surface area contributed by atoms with Crippen LogP contribution in [0.25, 0.3) is 10.9 Å². The summed E-state index contributed by atoms with van der Waals surface area (Å²) < 4.78 is 1.96.